The third-order valence-corrected chi connectivity index (χ3v) is 4.86. The van der Waals surface area contributed by atoms with Crippen molar-refractivity contribution in [2.24, 2.45) is 0 Å². The van der Waals surface area contributed by atoms with Crippen LogP contribution in [-0.2, 0) is 17.6 Å². The lowest BCUT2D eigenvalue weighted by Crippen LogP contribution is -2.26. The number of ether oxygens (including phenoxy) is 2. The molecule has 1 aliphatic heterocycles. The van der Waals surface area contributed by atoms with Crippen molar-refractivity contribution >= 4 is 28.5 Å². The Morgan fingerprint density at radius 3 is 2.96 bits per heavy atom. The first-order valence-electron chi connectivity index (χ1n) is 9.47. The fourth-order valence-electron chi connectivity index (χ4n) is 3.24. The largest absolute Gasteiger partial charge is 0.489 e. The zero-order chi connectivity index (χ0) is 19.3. The molecule has 0 radical (unpaired) electrons. The van der Waals surface area contributed by atoms with Gasteiger partial charge in [-0.3, -0.25) is 4.79 Å². The van der Waals surface area contributed by atoms with Gasteiger partial charge < -0.3 is 19.8 Å². The molecule has 3 aromatic rings. The van der Waals surface area contributed by atoms with Crippen LogP contribution in [0.15, 0.2) is 36.4 Å². The van der Waals surface area contributed by atoms with Crippen LogP contribution in [0.25, 0.3) is 11.0 Å². The number of nitrogens with zero attached hydrogens (tertiary/aromatic N) is 1. The fourth-order valence-corrected chi connectivity index (χ4v) is 3.53. The molecule has 6 nitrogen and oxygen atoms in total. The van der Waals surface area contributed by atoms with Crippen LogP contribution in [0.2, 0.25) is 5.02 Å². The lowest BCUT2D eigenvalue weighted by Gasteiger charge is -2.11. The van der Waals surface area contributed by atoms with Gasteiger partial charge in [0.25, 0.3) is 0 Å². The zero-order valence-corrected chi connectivity index (χ0v) is 16.2. The number of halogens is 1. The van der Waals surface area contributed by atoms with Crippen LogP contribution in [0.5, 0.6) is 11.5 Å². The molecular weight excluding hydrogens is 378 g/mol. The van der Waals surface area contributed by atoms with Gasteiger partial charge in [-0.2, -0.15) is 0 Å². The topological polar surface area (TPSA) is 76.2 Å². The summed E-state index contributed by atoms with van der Waals surface area (Å²) in [6.45, 7) is 1.76. The van der Waals surface area contributed by atoms with E-state index in [1.54, 1.807) is 6.07 Å². The monoisotopic (exact) mass is 399 g/mol. The second kappa shape index (κ2) is 8.52. The Labute approximate surface area is 168 Å². The number of nitrogens with one attached hydrogen (secondary N) is 2. The number of carbonyl (C=O) groups excluding carboxylic acids is 1. The number of rotatable bonds is 6. The highest BCUT2D eigenvalue weighted by Crippen LogP contribution is 2.38. The van der Waals surface area contributed by atoms with Gasteiger partial charge in [-0.05, 0) is 36.2 Å². The molecular formula is C21H22ClN3O3. The number of carbonyl (C=O) groups is 1. The maximum absolute atomic E-state index is 12.3. The third kappa shape index (κ3) is 4.39. The molecule has 0 saturated carbocycles. The summed E-state index contributed by atoms with van der Waals surface area (Å²) >= 11 is 6.28. The van der Waals surface area contributed by atoms with Crippen molar-refractivity contribution in [2.45, 2.75) is 25.7 Å². The van der Waals surface area contributed by atoms with E-state index in [0.717, 1.165) is 41.7 Å². The summed E-state index contributed by atoms with van der Waals surface area (Å²) in [7, 11) is 0. The minimum atomic E-state index is -0.0461. The minimum absolute atomic E-state index is 0.0461. The molecule has 7 heteroatoms. The highest BCUT2D eigenvalue weighted by molar-refractivity contribution is 6.32. The summed E-state index contributed by atoms with van der Waals surface area (Å²) in [4.78, 5) is 20.1. The number of aromatic nitrogens is 2. The molecule has 1 amide bonds. The van der Waals surface area contributed by atoms with E-state index >= 15 is 0 Å². The summed E-state index contributed by atoms with van der Waals surface area (Å²) in [5, 5.41) is 3.43. The van der Waals surface area contributed by atoms with Crippen molar-refractivity contribution in [3.05, 3.63) is 52.8 Å². The molecule has 1 aliphatic rings. The predicted molar refractivity (Wildman–Crippen MR) is 108 cm³/mol. The number of para-hydroxylation sites is 2. The third-order valence-electron chi connectivity index (χ3n) is 4.58. The van der Waals surface area contributed by atoms with Gasteiger partial charge in [0.2, 0.25) is 5.91 Å². The van der Waals surface area contributed by atoms with Crippen LogP contribution in [0.3, 0.4) is 0 Å². The summed E-state index contributed by atoms with van der Waals surface area (Å²) < 4.78 is 11.3. The Morgan fingerprint density at radius 2 is 2.07 bits per heavy atom. The van der Waals surface area contributed by atoms with E-state index in [4.69, 9.17) is 21.1 Å². The fraction of sp³-hybridized carbons (Fsp3) is 0.333. The summed E-state index contributed by atoms with van der Waals surface area (Å²) in [5.74, 6) is 2.06. The molecule has 0 spiro atoms. The van der Waals surface area contributed by atoms with E-state index in [0.29, 0.717) is 36.3 Å². The maximum Gasteiger partial charge on any atom is 0.224 e. The van der Waals surface area contributed by atoms with Gasteiger partial charge in [-0.15, -0.1) is 0 Å². The second-order valence-electron chi connectivity index (χ2n) is 6.79. The first kappa shape index (κ1) is 18.6. The zero-order valence-electron chi connectivity index (χ0n) is 15.5. The molecule has 0 aliphatic carbocycles. The van der Waals surface area contributed by atoms with E-state index in [-0.39, 0.29) is 12.3 Å². The van der Waals surface area contributed by atoms with E-state index in [9.17, 15) is 4.79 Å². The molecule has 0 atom stereocenters. The van der Waals surface area contributed by atoms with E-state index in [1.165, 1.54) is 0 Å². The molecule has 1 aromatic heterocycles. The first-order chi connectivity index (χ1) is 13.7. The van der Waals surface area contributed by atoms with Gasteiger partial charge in [0, 0.05) is 19.4 Å². The van der Waals surface area contributed by atoms with Crippen LogP contribution in [0.4, 0.5) is 0 Å². The maximum atomic E-state index is 12.3. The molecule has 0 unspecified atom stereocenters. The van der Waals surface area contributed by atoms with Gasteiger partial charge in [0.15, 0.2) is 11.5 Å². The van der Waals surface area contributed by atoms with Crippen molar-refractivity contribution in [1.82, 2.24) is 15.3 Å². The standard InChI is InChI=1S/C21H22ClN3O3/c22-15-11-14(12-18-21(15)28-10-4-9-27-18)13-20(26)23-8-3-7-19-24-16-5-1-2-6-17(16)25-19/h1-2,5-6,11-12H,3-4,7-10,13H2,(H,23,26)(H,24,25). The lowest BCUT2D eigenvalue weighted by atomic mass is 10.1. The molecule has 4 rings (SSSR count). The number of aromatic amines is 1. The van der Waals surface area contributed by atoms with Gasteiger partial charge in [-0.25, -0.2) is 4.98 Å². The lowest BCUT2D eigenvalue weighted by molar-refractivity contribution is -0.120. The van der Waals surface area contributed by atoms with Crippen LogP contribution in [0, 0.1) is 0 Å². The summed E-state index contributed by atoms with van der Waals surface area (Å²) in [6, 6.07) is 11.5. The number of benzene rings is 2. The number of H-pyrrole nitrogens is 1. The number of aryl methyl sites for hydroxylation is 1. The Hall–Kier alpha value is -2.73. The van der Waals surface area contributed by atoms with Crippen molar-refractivity contribution in [1.29, 1.82) is 0 Å². The smallest absolute Gasteiger partial charge is 0.224 e. The first-order valence-corrected chi connectivity index (χ1v) is 9.85. The van der Waals surface area contributed by atoms with Crippen molar-refractivity contribution in [3.63, 3.8) is 0 Å². The number of hydrogen-bond donors (Lipinski definition) is 2. The van der Waals surface area contributed by atoms with Crippen molar-refractivity contribution < 1.29 is 14.3 Å². The molecule has 28 heavy (non-hydrogen) atoms. The van der Waals surface area contributed by atoms with Crippen LogP contribution >= 0.6 is 11.6 Å². The highest BCUT2D eigenvalue weighted by atomic mass is 35.5. The molecule has 0 saturated heterocycles. The van der Waals surface area contributed by atoms with Crippen LogP contribution < -0.4 is 14.8 Å². The molecule has 2 aromatic carbocycles. The summed E-state index contributed by atoms with van der Waals surface area (Å²) in [6.07, 6.45) is 2.66. The van der Waals surface area contributed by atoms with Crippen molar-refractivity contribution in [3.8, 4) is 11.5 Å². The molecule has 0 bridgehead atoms. The normalized spacial score (nSPS) is 13.3. The van der Waals surface area contributed by atoms with Gasteiger partial charge >= 0.3 is 0 Å². The average molecular weight is 400 g/mol. The van der Waals surface area contributed by atoms with Crippen molar-refractivity contribution in [2.75, 3.05) is 19.8 Å². The van der Waals surface area contributed by atoms with Gasteiger partial charge in [-0.1, -0.05) is 23.7 Å². The number of fused-ring (bicyclic) bond motifs is 2. The Bertz CT molecular complexity index is 953. The minimum Gasteiger partial charge on any atom is -0.489 e. The number of imidazole rings is 1. The second-order valence-corrected chi connectivity index (χ2v) is 7.19. The average Bonchev–Trinajstić information content (AvgIpc) is 2.94. The van der Waals surface area contributed by atoms with E-state index in [2.05, 4.69) is 15.3 Å². The molecule has 146 valence electrons. The van der Waals surface area contributed by atoms with Crippen LogP contribution in [0.1, 0.15) is 24.2 Å². The number of amides is 1. The Balaban J connectivity index is 1.27. The Morgan fingerprint density at radius 1 is 1.21 bits per heavy atom. The number of hydrogen-bond acceptors (Lipinski definition) is 4. The van der Waals surface area contributed by atoms with Gasteiger partial charge in [0.05, 0.1) is 35.7 Å². The van der Waals surface area contributed by atoms with Gasteiger partial charge in [0.1, 0.15) is 5.82 Å². The SMILES string of the molecule is O=C(Cc1cc(Cl)c2c(c1)OCCCO2)NCCCc1nc2ccccc2[nH]1. The quantitative estimate of drug-likeness (QED) is 0.620. The predicted octanol–water partition coefficient (Wildman–Crippen LogP) is 3.67. The van der Waals surface area contributed by atoms with Crippen LogP contribution in [-0.4, -0.2) is 35.6 Å². The summed E-state index contributed by atoms with van der Waals surface area (Å²) in [5.41, 5.74) is 2.81. The molecule has 2 heterocycles. The molecule has 0 fully saturated rings. The highest BCUT2D eigenvalue weighted by Gasteiger charge is 2.16. The van der Waals surface area contributed by atoms with E-state index in [1.807, 2.05) is 30.3 Å². The molecule has 2 N–H and O–H groups in total. The van der Waals surface area contributed by atoms with E-state index < -0.39 is 0 Å². The Kier molecular flexibility index (Phi) is 5.67.